The number of hydrogen-bond donors (Lipinski definition) is 0. The normalized spacial score (nSPS) is 41.4. The number of allylic oxidation sites excluding steroid dienone is 12. The molecule has 6 rings (SSSR count). The first kappa shape index (κ1) is 17.3. The summed E-state index contributed by atoms with van der Waals surface area (Å²) in [5.41, 5.74) is 6.95. The molecule has 2 fully saturated rings. The van der Waals surface area contributed by atoms with Crippen molar-refractivity contribution in [3.05, 3.63) is 70.9 Å². The molecule has 0 heteroatoms. The molecular formula is C28H34. The van der Waals surface area contributed by atoms with Gasteiger partial charge in [0.2, 0.25) is 0 Å². The van der Waals surface area contributed by atoms with Gasteiger partial charge in [0, 0.05) is 0 Å². The van der Waals surface area contributed by atoms with Crippen LogP contribution in [0.5, 0.6) is 0 Å². The summed E-state index contributed by atoms with van der Waals surface area (Å²) in [6.45, 7) is 0. The fraction of sp³-hybridized carbons (Fsp3) is 0.571. The molecule has 0 radical (unpaired) electrons. The molecule has 0 spiro atoms. The maximum Gasteiger partial charge on any atom is -0.00933 e. The second-order valence-corrected chi connectivity index (χ2v) is 10.1. The molecule has 0 aromatic rings. The number of rotatable bonds is 1. The lowest BCUT2D eigenvalue weighted by molar-refractivity contribution is 0.199. The molecule has 6 aliphatic carbocycles. The number of hydrogen-bond acceptors (Lipinski definition) is 0. The molecule has 6 unspecified atom stereocenters. The number of fused-ring (bicyclic) bond motifs is 6. The molecule has 2 saturated carbocycles. The third kappa shape index (κ3) is 2.71. The van der Waals surface area contributed by atoms with Gasteiger partial charge in [0.15, 0.2) is 0 Å². The summed E-state index contributed by atoms with van der Waals surface area (Å²) in [7, 11) is 0. The third-order valence-electron chi connectivity index (χ3n) is 8.93. The first-order valence-corrected chi connectivity index (χ1v) is 12.1. The predicted octanol–water partition coefficient (Wildman–Crippen LogP) is 7.48. The van der Waals surface area contributed by atoms with Gasteiger partial charge in [0.25, 0.3) is 0 Å². The Labute approximate surface area is 170 Å². The van der Waals surface area contributed by atoms with Gasteiger partial charge in [0.1, 0.15) is 0 Å². The highest BCUT2D eigenvalue weighted by molar-refractivity contribution is 5.42. The van der Waals surface area contributed by atoms with Crippen LogP contribution >= 0.6 is 0 Å². The predicted molar refractivity (Wildman–Crippen MR) is 118 cm³/mol. The van der Waals surface area contributed by atoms with Crippen LogP contribution in [0.1, 0.15) is 64.2 Å². The van der Waals surface area contributed by atoms with Gasteiger partial charge in [-0.2, -0.15) is 0 Å². The molecule has 0 bridgehead atoms. The van der Waals surface area contributed by atoms with E-state index in [0.717, 1.165) is 35.5 Å². The molecule has 0 aromatic carbocycles. The van der Waals surface area contributed by atoms with E-state index in [1.54, 1.807) is 11.1 Å². The van der Waals surface area contributed by atoms with Crippen LogP contribution in [-0.4, -0.2) is 0 Å². The van der Waals surface area contributed by atoms with Gasteiger partial charge >= 0.3 is 0 Å². The summed E-state index contributed by atoms with van der Waals surface area (Å²) < 4.78 is 0. The Balaban J connectivity index is 1.35. The van der Waals surface area contributed by atoms with Crippen LogP contribution in [0.25, 0.3) is 0 Å². The third-order valence-corrected chi connectivity index (χ3v) is 8.93. The molecule has 0 N–H and O–H groups in total. The summed E-state index contributed by atoms with van der Waals surface area (Å²) in [4.78, 5) is 0. The van der Waals surface area contributed by atoms with Crippen molar-refractivity contribution in [2.24, 2.45) is 35.5 Å². The fourth-order valence-corrected chi connectivity index (χ4v) is 7.74. The Bertz CT molecular complexity index is 756. The van der Waals surface area contributed by atoms with E-state index in [2.05, 4.69) is 48.6 Å². The minimum absolute atomic E-state index is 0.822. The zero-order valence-electron chi connectivity index (χ0n) is 17.2. The first-order valence-electron chi connectivity index (χ1n) is 12.1. The summed E-state index contributed by atoms with van der Waals surface area (Å²) in [5.74, 6) is 4.98. The Morgan fingerprint density at radius 2 is 0.893 bits per heavy atom. The van der Waals surface area contributed by atoms with E-state index in [-0.39, 0.29) is 0 Å². The molecule has 0 nitrogen and oxygen atoms in total. The molecule has 0 saturated heterocycles. The first-order chi connectivity index (χ1) is 13.9. The lowest BCUT2D eigenvalue weighted by atomic mass is 9.56. The lowest BCUT2D eigenvalue weighted by Crippen LogP contribution is -2.37. The highest BCUT2D eigenvalue weighted by atomic mass is 14.5. The summed E-state index contributed by atoms with van der Waals surface area (Å²) in [6.07, 6.45) is 33.7. The summed E-state index contributed by atoms with van der Waals surface area (Å²) >= 11 is 0. The molecule has 0 aromatic heterocycles. The maximum absolute atomic E-state index is 2.58. The van der Waals surface area contributed by atoms with Crippen molar-refractivity contribution in [2.45, 2.75) is 64.2 Å². The average Bonchev–Trinajstić information content (AvgIpc) is 2.78. The Kier molecular flexibility index (Phi) is 4.36. The van der Waals surface area contributed by atoms with E-state index in [9.17, 15) is 0 Å². The van der Waals surface area contributed by atoms with Gasteiger partial charge in [-0.05, 0) is 98.0 Å². The molecular weight excluding hydrogens is 336 g/mol. The highest BCUT2D eigenvalue weighted by Gasteiger charge is 2.44. The van der Waals surface area contributed by atoms with E-state index in [4.69, 9.17) is 0 Å². The van der Waals surface area contributed by atoms with Crippen molar-refractivity contribution in [3.8, 4) is 0 Å². The van der Waals surface area contributed by atoms with E-state index in [1.165, 1.54) is 64.2 Å². The quantitative estimate of drug-likeness (QED) is 0.448. The Morgan fingerprint density at radius 3 is 1.36 bits per heavy atom. The lowest BCUT2D eigenvalue weighted by Gasteiger charge is -2.48. The fourth-order valence-electron chi connectivity index (χ4n) is 7.74. The van der Waals surface area contributed by atoms with Gasteiger partial charge in [0.05, 0.1) is 0 Å². The minimum Gasteiger partial charge on any atom is -0.0842 e. The van der Waals surface area contributed by atoms with Crippen LogP contribution in [0.2, 0.25) is 0 Å². The molecule has 6 aliphatic rings. The van der Waals surface area contributed by atoms with E-state index >= 15 is 0 Å². The Morgan fingerprint density at radius 1 is 0.464 bits per heavy atom. The van der Waals surface area contributed by atoms with Crippen molar-refractivity contribution in [1.82, 2.24) is 0 Å². The molecule has 0 amide bonds. The molecule has 0 aliphatic heterocycles. The van der Waals surface area contributed by atoms with E-state index in [1.807, 2.05) is 11.1 Å². The monoisotopic (exact) mass is 370 g/mol. The molecule has 146 valence electrons. The van der Waals surface area contributed by atoms with Gasteiger partial charge in [-0.25, -0.2) is 0 Å². The van der Waals surface area contributed by atoms with Crippen molar-refractivity contribution < 1.29 is 0 Å². The van der Waals surface area contributed by atoms with Crippen LogP contribution < -0.4 is 0 Å². The largest absolute Gasteiger partial charge is 0.0842 e. The topological polar surface area (TPSA) is 0 Å². The average molecular weight is 371 g/mol. The van der Waals surface area contributed by atoms with E-state index in [0.29, 0.717) is 0 Å². The van der Waals surface area contributed by atoms with E-state index < -0.39 is 0 Å². The van der Waals surface area contributed by atoms with Gasteiger partial charge < -0.3 is 0 Å². The van der Waals surface area contributed by atoms with Crippen molar-refractivity contribution in [3.63, 3.8) is 0 Å². The molecule has 6 atom stereocenters. The SMILES string of the molecule is C1=CC2=CC=C3C(CCCC3C3CCCC4C3=CC=C3C=CCCC34)C2CC1. The zero-order valence-corrected chi connectivity index (χ0v) is 17.2. The van der Waals surface area contributed by atoms with Crippen LogP contribution in [0.4, 0.5) is 0 Å². The minimum atomic E-state index is 0.822. The van der Waals surface area contributed by atoms with Crippen LogP contribution in [-0.2, 0) is 0 Å². The van der Waals surface area contributed by atoms with Crippen molar-refractivity contribution in [2.75, 3.05) is 0 Å². The van der Waals surface area contributed by atoms with Crippen LogP contribution in [0.15, 0.2) is 70.9 Å². The second-order valence-electron chi connectivity index (χ2n) is 10.1. The Hall–Kier alpha value is -1.56. The standard InChI is InChI=1S/C28H34/c1-3-9-21-19(7-1)15-17-27-23(21)11-5-13-25(27)26-14-6-12-24-22-10-4-2-8-20(22)16-18-28(24)26/h1-2,7-8,15-18,21-26H,3-6,9-14H2. The van der Waals surface area contributed by atoms with Gasteiger partial charge in [-0.15, -0.1) is 0 Å². The maximum atomic E-state index is 2.58. The summed E-state index contributed by atoms with van der Waals surface area (Å²) in [5, 5.41) is 0. The van der Waals surface area contributed by atoms with Crippen LogP contribution in [0.3, 0.4) is 0 Å². The van der Waals surface area contributed by atoms with Crippen LogP contribution in [0, 0.1) is 35.5 Å². The second kappa shape index (κ2) is 7.05. The van der Waals surface area contributed by atoms with Crippen molar-refractivity contribution in [1.29, 1.82) is 0 Å². The highest BCUT2D eigenvalue weighted by Crippen LogP contribution is 2.55. The summed E-state index contributed by atoms with van der Waals surface area (Å²) in [6, 6.07) is 0. The van der Waals surface area contributed by atoms with Gasteiger partial charge in [-0.1, -0.05) is 72.6 Å². The van der Waals surface area contributed by atoms with Crippen molar-refractivity contribution >= 4 is 0 Å². The van der Waals surface area contributed by atoms with Gasteiger partial charge in [-0.3, -0.25) is 0 Å². The molecule has 28 heavy (non-hydrogen) atoms. The smallest absolute Gasteiger partial charge is 0.00933 e. The zero-order chi connectivity index (χ0) is 18.5. The molecule has 0 heterocycles.